The molecule has 2 aromatic carbocycles. The number of furan rings is 1. The molecule has 0 fully saturated rings. The second-order valence-electron chi connectivity index (χ2n) is 5.56. The van der Waals surface area contributed by atoms with Gasteiger partial charge in [-0.2, -0.15) is 13.2 Å². The van der Waals surface area contributed by atoms with E-state index in [0.29, 0.717) is 18.7 Å². The van der Waals surface area contributed by atoms with Crippen molar-refractivity contribution in [1.82, 2.24) is 5.32 Å². The molecule has 7 heteroatoms. The summed E-state index contributed by atoms with van der Waals surface area (Å²) in [4.78, 5) is 0. The van der Waals surface area contributed by atoms with Crippen LogP contribution in [0.3, 0.4) is 0 Å². The van der Waals surface area contributed by atoms with Crippen molar-refractivity contribution in [3.8, 4) is 5.75 Å². The van der Waals surface area contributed by atoms with Gasteiger partial charge in [0.1, 0.15) is 5.58 Å². The second-order valence-corrected chi connectivity index (χ2v) is 5.56. The SMILES string of the molecule is Fc1cc(CNCc2ccc3ccoc3c2)ccc1OCC(F)(F)F. The lowest BCUT2D eigenvalue weighted by Crippen LogP contribution is -2.19. The number of halogens is 4. The van der Waals surface area contributed by atoms with Gasteiger partial charge in [0.15, 0.2) is 18.2 Å². The highest BCUT2D eigenvalue weighted by Gasteiger charge is 2.28. The summed E-state index contributed by atoms with van der Waals surface area (Å²) in [6.45, 7) is -0.603. The molecular formula is C18H15F4NO2. The molecule has 0 unspecified atom stereocenters. The Balaban J connectivity index is 1.55. The van der Waals surface area contributed by atoms with E-state index < -0.39 is 24.3 Å². The van der Waals surface area contributed by atoms with Crippen LogP contribution in [0.25, 0.3) is 11.0 Å². The lowest BCUT2D eigenvalue weighted by atomic mass is 10.1. The monoisotopic (exact) mass is 353 g/mol. The van der Waals surface area contributed by atoms with Crippen molar-refractivity contribution >= 4 is 11.0 Å². The minimum atomic E-state index is -4.50. The molecule has 0 amide bonds. The van der Waals surface area contributed by atoms with Gasteiger partial charge in [0.25, 0.3) is 0 Å². The topological polar surface area (TPSA) is 34.4 Å². The van der Waals surface area contributed by atoms with Crippen LogP contribution < -0.4 is 10.1 Å². The van der Waals surface area contributed by atoms with Gasteiger partial charge in [-0.15, -0.1) is 0 Å². The lowest BCUT2D eigenvalue weighted by molar-refractivity contribution is -0.153. The summed E-state index contributed by atoms with van der Waals surface area (Å²) in [5, 5.41) is 4.16. The van der Waals surface area contributed by atoms with Gasteiger partial charge in [-0.05, 0) is 35.4 Å². The molecular weight excluding hydrogens is 338 g/mol. The highest BCUT2D eigenvalue weighted by atomic mass is 19.4. The number of alkyl halides is 3. The van der Waals surface area contributed by atoms with Crippen molar-refractivity contribution < 1.29 is 26.7 Å². The summed E-state index contributed by atoms with van der Waals surface area (Å²) in [6.07, 6.45) is -2.88. The fourth-order valence-electron chi connectivity index (χ4n) is 2.39. The quantitative estimate of drug-likeness (QED) is 0.646. The van der Waals surface area contributed by atoms with Gasteiger partial charge in [0.05, 0.1) is 6.26 Å². The number of benzene rings is 2. The number of nitrogens with one attached hydrogen (secondary N) is 1. The molecule has 1 aromatic heterocycles. The Kier molecular flexibility index (Phi) is 4.94. The van der Waals surface area contributed by atoms with Gasteiger partial charge < -0.3 is 14.5 Å². The van der Waals surface area contributed by atoms with Crippen LogP contribution in [0, 0.1) is 5.82 Å². The molecule has 0 aliphatic rings. The maximum Gasteiger partial charge on any atom is 0.422 e. The Bertz CT molecular complexity index is 858. The van der Waals surface area contributed by atoms with Gasteiger partial charge in [-0.25, -0.2) is 4.39 Å². The predicted octanol–water partition coefficient (Wildman–Crippen LogP) is 4.80. The molecule has 0 radical (unpaired) electrons. The van der Waals surface area contributed by atoms with Crippen LogP contribution in [0.1, 0.15) is 11.1 Å². The molecule has 25 heavy (non-hydrogen) atoms. The highest BCUT2D eigenvalue weighted by Crippen LogP contribution is 2.22. The van der Waals surface area contributed by atoms with Gasteiger partial charge in [-0.1, -0.05) is 18.2 Å². The van der Waals surface area contributed by atoms with E-state index in [4.69, 9.17) is 4.42 Å². The van der Waals surface area contributed by atoms with Crippen molar-refractivity contribution in [2.24, 2.45) is 0 Å². The number of hydrogen-bond acceptors (Lipinski definition) is 3. The lowest BCUT2D eigenvalue weighted by Gasteiger charge is -2.11. The minimum absolute atomic E-state index is 0.368. The van der Waals surface area contributed by atoms with Crippen molar-refractivity contribution in [3.05, 3.63) is 65.7 Å². The van der Waals surface area contributed by atoms with E-state index in [0.717, 1.165) is 22.6 Å². The zero-order valence-electron chi connectivity index (χ0n) is 13.1. The Morgan fingerprint density at radius 2 is 1.68 bits per heavy atom. The molecule has 0 atom stereocenters. The highest BCUT2D eigenvalue weighted by molar-refractivity contribution is 5.77. The molecule has 3 rings (SSSR count). The van der Waals surface area contributed by atoms with Gasteiger partial charge in [-0.3, -0.25) is 0 Å². The van der Waals surface area contributed by atoms with Crippen LogP contribution >= 0.6 is 0 Å². The first-order valence-electron chi connectivity index (χ1n) is 7.55. The fourth-order valence-corrected chi connectivity index (χ4v) is 2.39. The predicted molar refractivity (Wildman–Crippen MR) is 84.7 cm³/mol. The molecule has 0 spiro atoms. The first-order chi connectivity index (χ1) is 11.9. The average molecular weight is 353 g/mol. The normalized spacial score (nSPS) is 11.8. The van der Waals surface area contributed by atoms with E-state index in [9.17, 15) is 17.6 Å². The van der Waals surface area contributed by atoms with E-state index in [1.165, 1.54) is 12.1 Å². The summed E-state index contributed by atoms with van der Waals surface area (Å²) >= 11 is 0. The van der Waals surface area contributed by atoms with Crippen LogP contribution in [0.4, 0.5) is 17.6 Å². The van der Waals surface area contributed by atoms with E-state index in [1.807, 2.05) is 24.3 Å². The molecule has 0 aliphatic carbocycles. The summed E-state index contributed by atoms with van der Waals surface area (Å²) in [6, 6.07) is 11.6. The maximum atomic E-state index is 13.8. The molecule has 3 aromatic rings. The fraction of sp³-hybridized carbons (Fsp3) is 0.222. The number of fused-ring (bicyclic) bond motifs is 1. The summed E-state index contributed by atoms with van der Waals surface area (Å²) < 4.78 is 59.8. The third-order valence-electron chi connectivity index (χ3n) is 3.57. The molecule has 3 nitrogen and oxygen atoms in total. The van der Waals surface area contributed by atoms with Crippen LogP contribution in [-0.2, 0) is 13.1 Å². The Hall–Kier alpha value is -2.54. The van der Waals surface area contributed by atoms with Gasteiger partial charge >= 0.3 is 6.18 Å². The number of ether oxygens (including phenoxy) is 1. The summed E-state index contributed by atoms with van der Waals surface area (Å²) in [7, 11) is 0. The summed E-state index contributed by atoms with van der Waals surface area (Å²) in [5.74, 6) is -1.23. The molecule has 132 valence electrons. The Labute approximate surface area is 141 Å². The number of rotatable bonds is 6. The number of hydrogen-bond donors (Lipinski definition) is 1. The largest absolute Gasteiger partial charge is 0.481 e. The molecule has 0 saturated heterocycles. The van der Waals surface area contributed by atoms with E-state index in [-0.39, 0.29) is 0 Å². The van der Waals surface area contributed by atoms with Crippen LogP contribution in [0.15, 0.2) is 53.1 Å². The zero-order chi connectivity index (χ0) is 17.9. The molecule has 1 N–H and O–H groups in total. The van der Waals surface area contributed by atoms with Crippen LogP contribution in [-0.4, -0.2) is 12.8 Å². The van der Waals surface area contributed by atoms with Crippen molar-refractivity contribution in [2.45, 2.75) is 19.3 Å². The Morgan fingerprint density at radius 1 is 0.960 bits per heavy atom. The van der Waals surface area contributed by atoms with Crippen molar-refractivity contribution in [1.29, 1.82) is 0 Å². The second kappa shape index (κ2) is 7.14. The van der Waals surface area contributed by atoms with Crippen molar-refractivity contribution in [3.63, 3.8) is 0 Å². The van der Waals surface area contributed by atoms with E-state index in [2.05, 4.69) is 10.1 Å². The van der Waals surface area contributed by atoms with Gasteiger partial charge in [0, 0.05) is 18.5 Å². The smallest absolute Gasteiger partial charge is 0.422 e. The average Bonchev–Trinajstić information content (AvgIpc) is 3.01. The third-order valence-corrected chi connectivity index (χ3v) is 3.57. The standard InChI is InChI=1S/C18H15F4NO2/c19-15-7-12(2-4-16(15)25-11-18(20,21)22)9-23-10-13-1-3-14-5-6-24-17(14)8-13/h1-8,23H,9-11H2. The van der Waals surface area contributed by atoms with E-state index in [1.54, 1.807) is 6.26 Å². The minimum Gasteiger partial charge on any atom is -0.481 e. The third kappa shape index (κ3) is 4.73. The molecule has 0 bridgehead atoms. The van der Waals surface area contributed by atoms with Crippen LogP contribution in [0.2, 0.25) is 0 Å². The molecule has 1 heterocycles. The molecule has 0 aliphatic heterocycles. The Morgan fingerprint density at radius 3 is 2.40 bits per heavy atom. The zero-order valence-corrected chi connectivity index (χ0v) is 13.1. The molecule has 0 saturated carbocycles. The first-order valence-corrected chi connectivity index (χ1v) is 7.55. The van der Waals surface area contributed by atoms with Gasteiger partial charge in [0.2, 0.25) is 0 Å². The van der Waals surface area contributed by atoms with Crippen molar-refractivity contribution in [2.75, 3.05) is 6.61 Å². The maximum absolute atomic E-state index is 13.8. The first kappa shape index (κ1) is 17.3. The van der Waals surface area contributed by atoms with E-state index >= 15 is 0 Å². The van der Waals surface area contributed by atoms with Crippen LogP contribution in [0.5, 0.6) is 5.75 Å². The summed E-state index contributed by atoms with van der Waals surface area (Å²) in [5.41, 5.74) is 2.40.